The molecule has 0 aliphatic rings. The molecule has 0 saturated heterocycles. The summed E-state index contributed by atoms with van der Waals surface area (Å²) < 4.78 is 36.0. The molecule has 6 heteroatoms. The van der Waals surface area contributed by atoms with Crippen molar-refractivity contribution in [1.82, 2.24) is 0 Å². The molecule has 5 nitrogen and oxygen atoms in total. The molecule has 0 saturated carbocycles. The third-order valence-corrected chi connectivity index (χ3v) is 10.2. The Morgan fingerprint density at radius 1 is 0.409 bits per heavy atom. The summed E-state index contributed by atoms with van der Waals surface area (Å²) in [6, 6.07) is 0. The van der Waals surface area contributed by atoms with Crippen molar-refractivity contribution < 1.29 is 21.6 Å². The monoisotopic (exact) mass is 648 g/mol. The molecule has 44 heavy (non-hydrogen) atoms. The van der Waals surface area contributed by atoms with Gasteiger partial charge in [-0.05, 0) is 40.0 Å². The van der Waals surface area contributed by atoms with Crippen LogP contribution in [-0.4, -0.2) is 50.2 Å². The number of hydrogen-bond donors (Lipinski definition) is 0. The highest BCUT2D eigenvalue weighted by atomic mass is 32.3. The standard InChI is InChI=1S/C22H48N.C16H34O4S/c1-5-9-10-11-12-13-14-15-16-17-18-19-20-21-22-23(6-2,7-3)8-4;1-2-3-4-5-6-7-8-9-10-11-12-13-14-15-16-20-21(17,18)19/h5-22H2,1-4H3;2-16H2,1H3,(H,17,18,19)/q+1;/p-1. The van der Waals surface area contributed by atoms with E-state index in [9.17, 15) is 13.0 Å². The van der Waals surface area contributed by atoms with Crippen molar-refractivity contribution in [3.8, 4) is 0 Å². The van der Waals surface area contributed by atoms with Gasteiger partial charge in [0.1, 0.15) is 0 Å². The molecule has 0 unspecified atom stereocenters. The van der Waals surface area contributed by atoms with E-state index in [-0.39, 0.29) is 6.61 Å². The normalized spacial score (nSPS) is 12.0. The van der Waals surface area contributed by atoms with Gasteiger partial charge in [0.05, 0.1) is 32.8 Å². The smallest absolute Gasteiger partial charge is 0.217 e. The van der Waals surface area contributed by atoms with Crippen LogP contribution in [0.1, 0.15) is 214 Å². The van der Waals surface area contributed by atoms with Crippen LogP contribution in [0.2, 0.25) is 0 Å². The Kier molecular flexibility index (Phi) is 37.3. The minimum atomic E-state index is -4.49. The van der Waals surface area contributed by atoms with Gasteiger partial charge in [0.25, 0.3) is 0 Å². The lowest BCUT2D eigenvalue weighted by Gasteiger charge is -2.35. The van der Waals surface area contributed by atoms with E-state index in [1.807, 2.05) is 0 Å². The predicted octanol–water partition coefficient (Wildman–Crippen LogP) is 12.3. The summed E-state index contributed by atoms with van der Waals surface area (Å²) in [6.07, 6.45) is 37.9. The highest BCUT2D eigenvalue weighted by Gasteiger charge is 2.19. The molecule has 0 atom stereocenters. The van der Waals surface area contributed by atoms with E-state index in [0.29, 0.717) is 6.42 Å². The third-order valence-electron chi connectivity index (χ3n) is 9.72. The number of nitrogens with zero attached hydrogens (tertiary/aromatic N) is 1. The van der Waals surface area contributed by atoms with Crippen LogP contribution < -0.4 is 0 Å². The van der Waals surface area contributed by atoms with Gasteiger partial charge in [0.2, 0.25) is 10.4 Å². The Balaban J connectivity index is 0. The fraction of sp³-hybridized carbons (Fsp3) is 1.00. The van der Waals surface area contributed by atoms with Crippen LogP contribution in [0.3, 0.4) is 0 Å². The van der Waals surface area contributed by atoms with Gasteiger partial charge in [0.15, 0.2) is 0 Å². The second-order valence-corrected chi connectivity index (χ2v) is 14.5. The largest absolute Gasteiger partial charge is 0.726 e. The molecule has 0 spiro atoms. The van der Waals surface area contributed by atoms with Crippen LogP contribution >= 0.6 is 0 Å². The number of hydrogen-bond acceptors (Lipinski definition) is 4. The molecule has 0 bridgehead atoms. The van der Waals surface area contributed by atoms with E-state index in [4.69, 9.17) is 0 Å². The molecule has 268 valence electrons. The van der Waals surface area contributed by atoms with Gasteiger partial charge < -0.3 is 9.04 Å². The molecule has 0 aromatic rings. The van der Waals surface area contributed by atoms with Gasteiger partial charge in [-0.25, -0.2) is 8.42 Å². The van der Waals surface area contributed by atoms with Crippen molar-refractivity contribution in [1.29, 1.82) is 0 Å². The van der Waals surface area contributed by atoms with Gasteiger partial charge in [-0.1, -0.05) is 174 Å². The van der Waals surface area contributed by atoms with Gasteiger partial charge in [-0.3, -0.25) is 4.18 Å². The molecular weight excluding hydrogens is 566 g/mol. The van der Waals surface area contributed by atoms with Crippen LogP contribution in [-0.2, 0) is 14.6 Å². The van der Waals surface area contributed by atoms with Crippen LogP contribution in [0.25, 0.3) is 0 Å². The molecule has 0 heterocycles. The summed E-state index contributed by atoms with van der Waals surface area (Å²) in [6.45, 7) is 17.0. The number of quaternary nitrogens is 1. The van der Waals surface area contributed by atoms with Crippen LogP contribution in [0.5, 0.6) is 0 Å². The lowest BCUT2D eigenvalue weighted by atomic mass is 10.0. The molecule has 0 aromatic heterocycles. The zero-order valence-corrected chi connectivity index (χ0v) is 31.6. The fourth-order valence-electron chi connectivity index (χ4n) is 6.24. The van der Waals surface area contributed by atoms with E-state index < -0.39 is 10.4 Å². The van der Waals surface area contributed by atoms with E-state index in [1.165, 1.54) is 191 Å². The SMILES string of the molecule is CCCCCCCCCCCCCCCCOS(=O)(=O)[O-].CCCCCCCCCCCCCCCC[N+](CC)(CC)CC. The Hall–Kier alpha value is -0.170. The molecule has 0 aromatic carbocycles. The van der Waals surface area contributed by atoms with Crippen LogP contribution in [0.4, 0.5) is 0 Å². The molecular formula is C38H81NO4S. The quantitative estimate of drug-likeness (QED) is 0.0302. The topological polar surface area (TPSA) is 66.4 Å². The Labute approximate surface area is 278 Å². The van der Waals surface area contributed by atoms with E-state index in [1.54, 1.807) is 0 Å². The first-order valence-corrected chi connectivity index (χ1v) is 21.1. The summed E-state index contributed by atoms with van der Waals surface area (Å²) in [4.78, 5) is 0. The van der Waals surface area contributed by atoms with Crippen molar-refractivity contribution in [3.63, 3.8) is 0 Å². The van der Waals surface area contributed by atoms with E-state index >= 15 is 0 Å². The van der Waals surface area contributed by atoms with Crippen molar-refractivity contribution in [2.45, 2.75) is 214 Å². The summed E-state index contributed by atoms with van der Waals surface area (Å²) in [5.41, 5.74) is 0. The van der Waals surface area contributed by atoms with Crippen molar-refractivity contribution in [2.75, 3.05) is 32.8 Å². The van der Waals surface area contributed by atoms with Crippen LogP contribution in [0.15, 0.2) is 0 Å². The highest BCUT2D eigenvalue weighted by molar-refractivity contribution is 7.80. The Bertz CT molecular complexity index is 628. The van der Waals surface area contributed by atoms with Gasteiger partial charge >= 0.3 is 0 Å². The van der Waals surface area contributed by atoms with Crippen molar-refractivity contribution in [2.24, 2.45) is 0 Å². The fourth-order valence-corrected chi connectivity index (χ4v) is 6.57. The number of rotatable bonds is 34. The second kappa shape index (κ2) is 35.7. The maximum Gasteiger partial charge on any atom is 0.217 e. The van der Waals surface area contributed by atoms with Gasteiger partial charge in [-0.2, -0.15) is 0 Å². The summed E-state index contributed by atoms with van der Waals surface area (Å²) >= 11 is 0. The summed E-state index contributed by atoms with van der Waals surface area (Å²) in [7, 11) is -4.49. The lowest BCUT2D eigenvalue weighted by molar-refractivity contribution is -0.923. The molecule has 0 fully saturated rings. The average Bonchev–Trinajstić information content (AvgIpc) is 3.01. The lowest BCUT2D eigenvalue weighted by Crippen LogP contribution is -2.48. The molecule has 0 amide bonds. The second-order valence-electron chi connectivity index (χ2n) is 13.4. The minimum Gasteiger partial charge on any atom is -0.726 e. The number of unbranched alkanes of at least 4 members (excludes halogenated alkanes) is 26. The zero-order chi connectivity index (χ0) is 33.0. The Morgan fingerprint density at radius 2 is 0.659 bits per heavy atom. The van der Waals surface area contributed by atoms with Gasteiger partial charge in [0, 0.05) is 0 Å². The average molecular weight is 648 g/mol. The first-order valence-electron chi connectivity index (χ1n) is 19.8. The highest BCUT2D eigenvalue weighted by Crippen LogP contribution is 2.15. The third kappa shape index (κ3) is 36.3. The van der Waals surface area contributed by atoms with E-state index in [0.717, 1.165) is 12.8 Å². The van der Waals surface area contributed by atoms with Crippen LogP contribution in [0, 0.1) is 0 Å². The van der Waals surface area contributed by atoms with Crippen molar-refractivity contribution >= 4 is 10.4 Å². The Morgan fingerprint density at radius 3 is 0.909 bits per heavy atom. The maximum atomic E-state index is 10.2. The maximum absolute atomic E-state index is 10.2. The molecule has 0 rings (SSSR count). The molecule has 0 radical (unpaired) electrons. The first-order chi connectivity index (χ1) is 21.3. The summed E-state index contributed by atoms with van der Waals surface area (Å²) in [5.74, 6) is 0. The molecule has 0 aliphatic carbocycles. The first kappa shape index (κ1) is 46.0. The van der Waals surface area contributed by atoms with Gasteiger partial charge in [-0.15, -0.1) is 0 Å². The van der Waals surface area contributed by atoms with Crippen molar-refractivity contribution in [3.05, 3.63) is 0 Å². The summed E-state index contributed by atoms with van der Waals surface area (Å²) in [5, 5.41) is 0. The molecule has 0 aliphatic heterocycles. The zero-order valence-electron chi connectivity index (χ0n) is 30.8. The predicted molar refractivity (Wildman–Crippen MR) is 193 cm³/mol. The minimum absolute atomic E-state index is 0.0316. The van der Waals surface area contributed by atoms with E-state index in [2.05, 4.69) is 38.8 Å². The molecule has 0 N–H and O–H groups in total.